The third-order valence-corrected chi connectivity index (χ3v) is 4.82. The normalized spacial score (nSPS) is 13.5. The summed E-state index contributed by atoms with van der Waals surface area (Å²) in [6, 6.07) is 12.0. The average Bonchev–Trinajstić information content (AvgIpc) is 3.16. The number of amides is 1. The Balaban J connectivity index is 1.27. The van der Waals surface area contributed by atoms with Gasteiger partial charge in [0.05, 0.1) is 46.1 Å². The molecule has 1 saturated heterocycles. The zero-order chi connectivity index (χ0) is 21.6. The zero-order valence-corrected chi connectivity index (χ0v) is 17.1. The molecule has 9 heteroatoms. The number of aromatic nitrogens is 3. The molecule has 1 fully saturated rings. The van der Waals surface area contributed by atoms with E-state index in [-0.39, 0.29) is 18.1 Å². The Morgan fingerprint density at radius 1 is 1.23 bits per heavy atom. The van der Waals surface area contributed by atoms with Crippen LogP contribution in [0.4, 0.5) is 10.2 Å². The quantitative estimate of drug-likeness (QED) is 0.566. The summed E-state index contributed by atoms with van der Waals surface area (Å²) in [6.07, 6.45) is 1.68. The number of rotatable bonds is 9. The predicted molar refractivity (Wildman–Crippen MR) is 111 cm³/mol. The lowest BCUT2D eigenvalue weighted by molar-refractivity contribution is -0.115. The smallest absolute Gasteiger partial charge is 0.230 e. The van der Waals surface area contributed by atoms with Gasteiger partial charge in [-0.25, -0.2) is 4.39 Å². The van der Waals surface area contributed by atoms with Crippen LogP contribution < -0.4 is 14.8 Å². The van der Waals surface area contributed by atoms with Crippen molar-refractivity contribution in [2.45, 2.75) is 13.0 Å². The number of methoxy groups -OCH3 is 1. The molecule has 8 nitrogen and oxygen atoms in total. The van der Waals surface area contributed by atoms with Crippen molar-refractivity contribution in [3.63, 3.8) is 0 Å². The van der Waals surface area contributed by atoms with E-state index in [4.69, 9.17) is 14.2 Å². The van der Waals surface area contributed by atoms with Crippen LogP contribution in [-0.4, -0.2) is 47.8 Å². The van der Waals surface area contributed by atoms with Gasteiger partial charge < -0.3 is 19.5 Å². The first-order chi connectivity index (χ1) is 15.1. The summed E-state index contributed by atoms with van der Waals surface area (Å²) in [7, 11) is 1.41. The number of benzene rings is 2. The molecule has 0 spiro atoms. The molecular formula is C22H23FN4O4. The molecule has 0 saturated carbocycles. The second-order valence-electron chi connectivity index (χ2n) is 7.31. The van der Waals surface area contributed by atoms with E-state index in [1.54, 1.807) is 12.1 Å². The molecule has 2 heterocycles. The number of anilines is 1. The van der Waals surface area contributed by atoms with Gasteiger partial charge in [0.25, 0.3) is 0 Å². The number of nitrogens with one attached hydrogen (secondary N) is 1. The van der Waals surface area contributed by atoms with Gasteiger partial charge in [0.1, 0.15) is 5.75 Å². The Kier molecular flexibility index (Phi) is 6.42. The van der Waals surface area contributed by atoms with Crippen LogP contribution in [0.15, 0.2) is 48.7 Å². The zero-order valence-electron chi connectivity index (χ0n) is 17.1. The van der Waals surface area contributed by atoms with Crippen molar-refractivity contribution in [2.75, 3.05) is 32.2 Å². The highest BCUT2D eigenvalue weighted by Gasteiger charge is 2.18. The molecule has 3 aromatic rings. The predicted octanol–water partition coefficient (Wildman–Crippen LogP) is 2.68. The molecule has 2 aromatic carbocycles. The molecule has 4 rings (SSSR count). The molecular weight excluding hydrogens is 403 g/mol. The molecule has 1 aromatic heterocycles. The fourth-order valence-electron chi connectivity index (χ4n) is 3.07. The highest BCUT2D eigenvalue weighted by molar-refractivity contribution is 5.91. The highest BCUT2D eigenvalue weighted by Crippen LogP contribution is 2.19. The van der Waals surface area contributed by atoms with E-state index >= 15 is 0 Å². The Morgan fingerprint density at radius 3 is 2.71 bits per heavy atom. The molecule has 1 aliphatic heterocycles. The summed E-state index contributed by atoms with van der Waals surface area (Å²) < 4.78 is 29.3. The van der Waals surface area contributed by atoms with Gasteiger partial charge in [-0.15, -0.1) is 5.10 Å². The SMILES string of the molecule is COc1cc(Cn2ncc(NC(=O)Cc3ccc(OCC4COC4)cc3)n2)ccc1F. The minimum absolute atomic E-state index is 0.159. The van der Waals surface area contributed by atoms with Gasteiger partial charge in [-0.05, 0) is 35.4 Å². The summed E-state index contributed by atoms with van der Waals surface area (Å²) in [4.78, 5) is 13.7. The van der Waals surface area contributed by atoms with Crippen LogP contribution in [0.2, 0.25) is 0 Å². The molecule has 0 radical (unpaired) electrons. The first-order valence-corrected chi connectivity index (χ1v) is 9.91. The molecule has 0 atom stereocenters. The summed E-state index contributed by atoms with van der Waals surface area (Å²) >= 11 is 0. The fraction of sp³-hybridized carbons (Fsp3) is 0.318. The van der Waals surface area contributed by atoms with Crippen molar-refractivity contribution in [2.24, 2.45) is 5.92 Å². The van der Waals surface area contributed by atoms with E-state index in [9.17, 15) is 9.18 Å². The van der Waals surface area contributed by atoms with Gasteiger partial charge in [0.15, 0.2) is 17.4 Å². The van der Waals surface area contributed by atoms with Crippen LogP contribution in [0.5, 0.6) is 11.5 Å². The van der Waals surface area contributed by atoms with Crippen molar-refractivity contribution >= 4 is 11.7 Å². The lowest BCUT2D eigenvalue weighted by atomic mass is 10.1. The van der Waals surface area contributed by atoms with Crippen LogP contribution in [0.3, 0.4) is 0 Å². The van der Waals surface area contributed by atoms with Crippen molar-refractivity contribution in [3.8, 4) is 11.5 Å². The largest absolute Gasteiger partial charge is 0.494 e. The van der Waals surface area contributed by atoms with E-state index in [0.717, 1.165) is 30.1 Å². The number of hydrogen-bond acceptors (Lipinski definition) is 6. The molecule has 0 bridgehead atoms. The van der Waals surface area contributed by atoms with Crippen LogP contribution in [0.1, 0.15) is 11.1 Å². The second kappa shape index (κ2) is 9.57. The van der Waals surface area contributed by atoms with E-state index in [1.165, 1.54) is 24.2 Å². The van der Waals surface area contributed by atoms with Crippen molar-refractivity contribution in [1.82, 2.24) is 15.0 Å². The minimum atomic E-state index is -0.430. The van der Waals surface area contributed by atoms with Crippen LogP contribution in [0.25, 0.3) is 0 Å². The van der Waals surface area contributed by atoms with Crippen molar-refractivity contribution in [1.29, 1.82) is 0 Å². The summed E-state index contributed by atoms with van der Waals surface area (Å²) in [6.45, 7) is 2.46. The number of ether oxygens (including phenoxy) is 3. The number of carbonyl (C=O) groups is 1. The van der Waals surface area contributed by atoms with Gasteiger partial charge in [-0.2, -0.15) is 9.90 Å². The average molecular weight is 426 g/mol. The first-order valence-electron chi connectivity index (χ1n) is 9.91. The number of hydrogen-bond donors (Lipinski definition) is 1. The number of carbonyl (C=O) groups excluding carboxylic acids is 1. The Bertz CT molecular complexity index is 1030. The third kappa shape index (κ3) is 5.58. The molecule has 1 amide bonds. The monoisotopic (exact) mass is 426 g/mol. The fourth-order valence-corrected chi connectivity index (χ4v) is 3.07. The van der Waals surface area contributed by atoms with Gasteiger partial charge in [-0.1, -0.05) is 18.2 Å². The van der Waals surface area contributed by atoms with Crippen LogP contribution >= 0.6 is 0 Å². The lowest BCUT2D eigenvalue weighted by Gasteiger charge is -2.25. The Labute approximate surface area is 178 Å². The molecule has 1 aliphatic rings. The lowest BCUT2D eigenvalue weighted by Crippen LogP contribution is -2.32. The molecule has 0 unspecified atom stereocenters. The number of nitrogens with zero attached hydrogens (tertiary/aromatic N) is 3. The summed E-state index contributed by atoms with van der Waals surface area (Å²) in [5, 5.41) is 11.1. The topological polar surface area (TPSA) is 87.5 Å². The highest BCUT2D eigenvalue weighted by atomic mass is 19.1. The van der Waals surface area contributed by atoms with Gasteiger partial charge in [0.2, 0.25) is 5.91 Å². The maximum atomic E-state index is 13.5. The van der Waals surface area contributed by atoms with E-state index < -0.39 is 5.82 Å². The van der Waals surface area contributed by atoms with Gasteiger partial charge in [0, 0.05) is 5.92 Å². The minimum Gasteiger partial charge on any atom is -0.494 e. The van der Waals surface area contributed by atoms with Gasteiger partial charge >= 0.3 is 0 Å². The molecule has 0 aliphatic carbocycles. The van der Waals surface area contributed by atoms with E-state index in [2.05, 4.69) is 15.5 Å². The Hall–Kier alpha value is -3.46. The van der Waals surface area contributed by atoms with E-state index in [0.29, 0.717) is 24.9 Å². The van der Waals surface area contributed by atoms with Crippen LogP contribution in [0, 0.1) is 11.7 Å². The van der Waals surface area contributed by atoms with Crippen LogP contribution in [-0.2, 0) is 22.5 Å². The standard InChI is InChI=1S/C22H23FN4O4/c1-29-20-8-16(4-7-19(20)23)11-27-24-10-21(26-27)25-22(28)9-15-2-5-18(6-3-15)31-14-17-12-30-13-17/h2-8,10,17H,9,11-14H2,1H3,(H,25,26,28). The van der Waals surface area contributed by atoms with Gasteiger partial charge in [-0.3, -0.25) is 4.79 Å². The third-order valence-electron chi connectivity index (χ3n) is 4.82. The summed E-state index contributed by atoms with van der Waals surface area (Å²) in [5.41, 5.74) is 1.64. The number of halogens is 1. The molecule has 1 N–H and O–H groups in total. The maximum Gasteiger partial charge on any atom is 0.230 e. The Morgan fingerprint density at radius 2 is 2.00 bits per heavy atom. The van der Waals surface area contributed by atoms with E-state index in [1.807, 2.05) is 24.3 Å². The first kappa shape index (κ1) is 20.8. The molecule has 31 heavy (non-hydrogen) atoms. The van der Waals surface area contributed by atoms with Crippen molar-refractivity contribution < 1.29 is 23.4 Å². The molecule has 162 valence electrons. The summed E-state index contributed by atoms with van der Waals surface area (Å²) in [5.74, 6) is 1.12. The van der Waals surface area contributed by atoms with Crippen molar-refractivity contribution in [3.05, 3.63) is 65.6 Å². The maximum absolute atomic E-state index is 13.5. The second-order valence-corrected chi connectivity index (χ2v) is 7.31.